The van der Waals surface area contributed by atoms with Crippen LogP contribution in [0.25, 0.3) is 0 Å². The average molecular weight is 315 g/mol. The summed E-state index contributed by atoms with van der Waals surface area (Å²) in [7, 11) is 0. The molecule has 7 nitrogen and oxygen atoms in total. The normalized spacial score (nSPS) is 13.0. The summed E-state index contributed by atoms with van der Waals surface area (Å²) in [5, 5.41) is 19.3. The van der Waals surface area contributed by atoms with Gasteiger partial charge in [0.1, 0.15) is 6.04 Å². The van der Waals surface area contributed by atoms with Gasteiger partial charge in [-0.05, 0) is 12.2 Å². The summed E-state index contributed by atoms with van der Waals surface area (Å²) in [5.41, 5.74) is -0.185. The van der Waals surface area contributed by atoms with E-state index in [0.29, 0.717) is 29.7 Å². The van der Waals surface area contributed by atoms with E-state index in [4.69, 9.17) is 9.52 Å². The van der Waals surface area contributed by atoms with Gasteiger partial charge in [-0.25, -0.2) is 4.79 Å². The molecule has 1 rings (SSSR count). The summed E-state index contributed by atoms with van der Waals surface area (Å²) >= 11 is 1.49. The minimum Gasteiger partial charge on any atom is -0.480 e. The lowest BCUT2D eigenvalue weighted by Crippen LogP contribution is -2.39. The zero-order chi connectivity index (χ0) is 16.0. The number of carboxylic acid groups (broad SMARTS) is 1. The van der Waals surface area contributed by atoms with Crippen LogP contribution in [0.4, 0.5) is 0 Å². The molecule has 1 atom stereocenters. The third-order valence-corrected chi connectivity index (χ3v) is 3.54. The zero-order valence-electron chi connectivity index (χ0n) is 12.7. The number of thioether (sulfide) groups is 1. The molecule has 0 radical (unpaired) electrons. The van der Waals surface area contributed by atoms with Crippen molar-refractivity contribution in [3.63, 3.8) is 0 Å². The lowest BCUT2D eigenvalue weighted by atomic mass is 9.97. The molecule has 2 N–H and O–H groups in total. The average Bonchev–Trinajstić information content (AvgIpc) is 2.80. The van der Waals surface area contributed by atoms with E-state index >= 15 is 0 Å². The second-order valence-electron chi connectivity index (χ2n) is 5.68. The number of carbonyl (C=O) groups excluding carboxylic acids is 1. The zero-order valence-corrected chi connectivity index (χ0v) is 13.5. The minimum absolute atomic E-state index is 0.185. The van der Waals surface area contributed by atoms with Crippen LogP contribution in [0, 0.1) is 0 Å². The Kier molecular flexibility index (Phi) is 6.19. The molecule has 1 heterocycles. The number of nitrogens with one attached hydrogen (secondary N) is 1. The number of nitrogens with zero attached hydrogens (tertiary/aromatic N) is 2. The van der Waals surface area contributed by atoms with Crippen LogP contribution in [-0.4, -0.2) is 39.0 Å². The van der Waals surface area contributed by atoms with E-state index in [9.17, 15) is 9.59 Å². The molecule has 0 bridgehead atoms. The number of carboxylic acids is 1. The lowest BCUT2D eigenvalue weighted by molar-refractivity contribution is -0.141. The van der Waals surface area contributed by atoms with Crippen molar-refractivity contribution in [2.24, 2.45) is 0 Å². The van der Waals surface area contributed by atoms with Gasteiger partial charge in [0.25, 0.3) is 0 Å². The number of hydrogen-bond acceptors (Lipinski definition) is 6. The Labute approximate surface area is 127 Å². The van der Waals surface area contributed by atoms with Gasteiger partial charge in [0.2, 0.25) is 17.7 Å². The molecule has 8 heteroatoms. The Bertz CT molecular complexity index is 496. The van der Waals surface area contributed by atoms with Gasteiger partial charge in [-0.3, -0.25) is 4.79 Å². The van der Waals surface area contributed by atoms with Gasteiger partial charge in [0.15, 0.2) is 0 Å². The quantitative estimate of drug-likeness (QED) is 0.736. The first-order valence-electron chi connectivity index (χ1n) is 6.60. The van der Waals surface area contributed by atoms with Crippen molar-refractivity contribution in [2.45, 2.75) is 51.3 Å². The topological polar surface area (TPSA) is 105 Å². The Morgan fingerprint density at radius 3 is 2.52 bits per heavy atom. The van der Waals surface area contributed by atoms with Gasteiger partial charge in [-0.15, -0.1) is 10.2 Å². The Morgan fingerprint density at radius 2 is 2.05 bits per heavy atom. The van der Waals surface area contributed by atoms with Crippen LogP contribution >= 0.6 is 11.8 Å². The van der Waals surface area contributed by atoms with Crippen molar-refractivity contribution >= 4 is 23.6 Å². The fourth-order valence-corrected chi connectivity index (χ4v) is 2.32. The molecule has 0 aromatic carbocycles. The first-order valence-corrected chi connectivity index (χ1v) is 7.76. The Balaban J connectivity index is 2.38. The second kappa shape index (κ2) is 7.44. The number of hydrogen-bond donors (Lipinski definition) is 2. The van der Waals surface area contributed by atoms with Crippen LogP contribution in [0.1, 0.15) is 45.9 Å². The maximum Gasteiger partial charge on any atom is 0.326 e. The van der Waals surface area contributed by atoms with E-state index in [-0.39, 0.29) is 11.3 Å². The van der Waals surface area contributed by atoms with Crippen LogP contribution in [0.5, 0.6) is 0 Å². The number of aliphatic carboxylic acids is 1. The molecule has 21 heavy (non-hydrogen) atoms. The molecule has 0 saturated carbocycles. The number of rotatable bonds is 7. The Morgan fingerprint density at radius 1 is 1.38 bits per heavy atom. The molecular weight excluding hydrogens is 294 g/mol. The minimum atomic E-state index is -1.03. The van der Waals surface area contributed by atoms with E-state index in [1.165, 1.54) is 18.7 Å². The molecule has 118 valence electrons. The number of amides is 1. The van der Waals surface area contributed by atoms with Gasteiger partial charge in [-0.2, -0.15) is 11.8 Å². The van der Waals surface area contributed by atoms with E-state index < -0.39 is 12.0 Å². The van der Waals surface area contributed by atoms with E-state index in [2.05, 4.69) is 15.5 Å². The molecule has 0 fully saturated rings. The second-order valence-corrected chi connectivity index (χ2v) is 6.79. The van der Waals surface area contributed by atoms with Crippen molar-refractivity contribution in [3.8, 4) is 0 Å². The smallest absolute Gasteiger partial charge is 0.326 e. The van der Waals surface area contributed by atoms with Crippen molar-refractivity contribution in [2.75, 3.05) is 5.75 Å². The maximum atomic E-state index is 10.9. The predicted molar refractivity (Wildman–Crippen MR) is 79.0 cm³/mol. The molecule has 0 saturated heterocycles. The molecule has 0 aliphatic heterocycles. The summed E-state index contributed by atoms with van der Waals surface area (Å²) in [6.07, 6.45) is 0.347. The van der Waals surface area contributed by atoms with Crippen molar-refractivity contribution in [1.82, 2.24) is 15.5 Å². The van der Waals surface area contributed by atoms with Crippen molar-refractivity contribution in [3.05, 3.63) is 11.8 Å². The number of carbonyl (C=O) groups is 2. The highest BCUT2D eigenvalue weighted by molar-refractivity contribution is 7.98. The molecular formula is C13H21N3O4S. The van der Waals surface area contributed by atoms with Gasteiger partial charge in [0.05, 0.1) is 5.75 Å². The molecule has 0 spiro atoms. The van der Waals surface area contributed by atoms with E-state index in [0.717, 1.165) is 0 Å². The summed E-state index contributed by atoms with van der Waals surface area (Å²) in [6, 6.07) is -0.858. The SMILES string of the molecule is CC(=O)NC(CCSCc1nnc(C(C)(C)C)o1)C(=O)O. The van der Waals surface area contributed by atoms with E-state index in [1.54, 1.807) is 0 Å². The summed E-state index contributed by atoms with van der Waals surface area (Å²) in [5.74, 6) is 0.828. The fourth-order valence-electron chi connectivity index (χ4n) is 1.48. The monoisotopic (exact) mass is 315 g/mol. The summed E-state index contributed by atoms with van der Waals surface area (Å²) < 4.78 is 5.54. The molecule has 1 aromatic rings. The molecule has 0 aliphatic carbocycles. The van der Waals surface area contributed by atoms with Gasteiger partial charge >= 0.3 is 5.97 Å². The highest BCUT2D eigenvalue weighted by Gasteiger charge is 2.21. The van der Waals surface area contributed by atoms with Crippen LogP contribution in [-0.2, 0) is 20.8 Å². The third-order valence-electron chi connectivity index (χ3n) is 2.56. The first kappa shape index (κ1) is 17.5. The van der Waals surface area contributed by atoms with Gasteiger partial charge in [0, 0.05) is 12.3 Å². The third kappa shape index (κ3) is 6.16. The fraction of sp³-hybridized carbons (Fsp3) is 0.692. The Hall–Kier alpha value is -1.57. The molecule has 1 aromatic heterocycles. The van der Waals surface area contributed by atoms with Crippen molar-refractivity contribution in [1.29, 1.82) is 0 Å². The standard InChI is InChI=1S/C13H21N3O4S/c1-8(17)14-9(11(18)19)5-6-21-7-10-15-16-12(20-10)13(2,3)4/h9H,5-7H2,1-4H3,(H,14,17)(H,18,19). The van der Waals surface area contributed by atoms with Crippen LogP contribution in [0.15, 0.2) is 4.42 Å². The van der Waals surface area contributed by atoms with Crippen LogP contribution < -0.4 is 5.32 Å². The number of aromatic nitrogens is 2. The molecule has 1 amide bonds. The summed E-state index contributed by atoms with van der Waals surface area (Å²) in [4.78, 5) is 21.8. The van der Waals surface area contributed by atoms with E-state index in [1.807, 2.05) is 20.8 Å². The first-order chi connectivity index (χ1) is 9.70. The highest BCUT2D eigenvalue weighted by Crippen LogP contribution is 2.22. The van der Waals surface area contributed by atoms with Crippen LogP contribution in [0.2, 0.25) is 0 Å². The van der Waals surface area contributed by atoms with Crippen molar-refractivity contribution < 1.29 is 19.1 Å². The largest absolute Gasteiger partial charge is 0.480 e. The molecule has 0 aliphatic rings. The van der Waals surface area contributed by atoms with Gasteiger partial charge in [-0.1, -0.05) is 20.8 Å². The van der Waals surface area contributed by atoms with Crippen LogP contribution in [0.3, 0.4) is 0 Å². The molecule has 1 unspecified atom stereocenters. The predicted octanol–water partition coefficient (Wildman–Crippen LogP) is 1.58. The maximum absolute atomic E-state index is 10.9. The summed E-state index contributed by atoms with van der Waals surface area (Å²) in [6.45, 7) is 7.27. The highest BCUT2D eigenvalue weighted by atomic mass is 32.2. The van der Waals surface area contributed by atoms with Gasteiger partial charge < -0.3 is 14.8 Å². The lowest BCUT2D eigenvalue weighted by Gasteiger charge is -2.12.